The van der Waals surface area contributed by atoms with E-state index in [4.69, 9.17) is 20.5 Å². The van der Waals surface area contributed by atoms with Gasteiger partial charge in [0.25, 0.3) is 10.1 Å². The highest BCUT2D eigenvalue weighted by Crippen LogP contribution is 2.42. The molecular formula is C26H27ClN4O4S. The number of fused-ring (bicyclic) bond motifs is 1. The van der Waals surface area contributed by atoms with E-state index in [1.807, 2.05) is 65.6 Å². The van der Waals surface area contributed by atoms with Crippen LogP contribution in [0.5, 0.6) is 5.75 Å². The van der Waals surface area contributed by atoms with E-state index < -0.39 is 21.4 Å². The molecule has 2 aliphatic rings. The number of benzene rings is 3. The maximum absolute atomic E-state index is 11.5. The Kier molecular flexibility index (Phi) is 7.08. The molecule has 0 fully saturated rings. The van der Waals surface area contributed by atoms with E-state index in [1.165, 1.54) is 7.11 Å². The van der Waals surface area contributed by atoms with Crippen LogP contribution in [0.25, 0.3) is 11.1 Å². The second-order valence-electron chi connectivity index (χ2n) is 8.63. The maximum atomic E-state index is 11.5. The van der Waals surface area contributed by atoms with Crippen molar-refractivity contribution >= 4 is 34.3 Å². The third-order valence-corrected chi connectivity index (χ3v) is 6.99. The van der Waals surface area contributed by atoms with Crippen LogP contribution in [0.3, 0.4) is 0 Å². The predicted molar refractivity (Wildman–Crippen MR) is 143 cm³/mol. The SMILES string of the molecule is COc1cc(CS(=O)(=O)O)cc(-c2cccc(C3(c4ccccc4)N=C(N)N4CCCN=C43)c2)c1.Cl. The molecule has 1 unspecified atom stereocenters. The van der Waals surface area contributed by atoms with Gasteiger partial charge in [0, 0.05) is 13.1 Å². The lowest BCUT2D eigenvalue weighted by Gasteiger charge is -2.33. The standard InChI is InChI=1S/C26H26N4O4S.ClH/c1-34-23-14-18(17-35(31,32)33)13-20(16-23)19-7-5-10-22(15-19)26(21-8-3-2-4-9-21)24-28-11-6-12-30(24)25(27)29-26;/h2-5,7-10,13-16H,6,11-12,17H2,1H3,(H2,27,29)(H,31,32,33);1H. The lowest BCUT2D eigenvalue weighted by atomic mass is 9.81. The normalized spacial score (nSPS) is 19.1. The van der Waals surface area contributed by atoms with Crippen LogP contribution < -0.4 is 10.5 Å². The Bertz CT molecular complexity index is 1440. The quantitative estimate of drug-likeness (QED) is 0.471. The number of nitrogens with two attached hydrogens (primary N) is 1. The van der Waals surface area contributed by atoms with E-state index in [0.717, 1.165) is 41.1 Å². The van der Waals surface area contributed by atoms with E-state index >= 15 is 0 Å². The lowest BCUT2D eigenvalue weighted by molar-refractivity contribution is 0.414. The number of rotatable bonds is 6. The van der Waals surface area contributed by atoms with Gasteiger partial charge < -0.3 is 10.5 Å². The molecule has 0 saturated carbocycles. The summed E-state index contributed by atoms with van der Waals surface area (Å²) < 4.78 is 37.8. The average molecular weight is 527 g/mol. The van der Waals surface area contributed by atoms with Crippen LogP contribution in [-0.4, -0.2) is 49.9 Å². The van der Waals surface area contributed by atoms with Gasteiger partial charge in [-0.25, -0.2) is 4.99 Å². The Morgan fingerprint density at radius 3 is 2.50 bits per heavy atom. The molecule has 2 aliphatic heterocycles. The fourth-order valence-corrected chi connectivity index (χ4v) is 5.40. The minimum atomic E-state index is -4.20. The monoisotopic (exact) mass is 526 g/mol. The first-order valence-corrected chi connectivity index (χ1v) is 12.9. The van der Waals surface area contributed by atoms with Crippen LogP contribution >= 0.6 is 12.4 Å². The summed E-state index contributed by atoms with van der Waals surface area (Å²) in [4.78, 5) is 11.8. The first-order chi connectivity index (χ1) is 16.8. The number of nitrogens with zero attached hydrogens (tertiary/aromatic N) is 3. The molecule has 1 atom stereocenters. The number of guanidine groups is 1. The summed E-state index contributed by atoms with van der Waals surface area (Å²) in [6.45, 7) is 1.47. The van der Waals surface area contributed by atoms with Gasteiger partial charge in [0.05, 0.1) is 7.11 Å². The van der Waals surface area contributed by atoms with Crippen LogP contribution in [0, 0.1) is 0 Å². The third-order valence-electron chi connectivity index (χ3n) is 6.30. The van der Waals surface area contributed by atoms with Crippen molar-refractivity contribution < 1.29 is 17.7 Å². The summed E-state index contributed by atoms with van der Waals surface area (Å²) in [6.07, 6.45) is 0.908. The number of methoxy groups -OCH3 is 1. The second-order valence-corrected chi connectivity index (χ2v) is 10.1. The Morgan fingerprint density at radius 1 is 1.03 bits per heavy atom. The van der Waals surface area contributed by atoms with Crippen LogP contribution in [-0.2, 0) is 21.4 Å². The van der Waals surface area contributed by atoms with Gasteiger partial charge in [-0.2, -0.15) is 8.42 Å². The van der Waals surface area contributed by atoms with Crippen molar-refractivity contribution in [1.82, 2.24) is 4.90 Å². The average Bonchev–Trinajstić information content (AvgIpc) is 3.17. The Hall–Kier alpha value is -3.40. The number of hydrogen-bond acceptors (Lipinski definition) is 7. The van der Waals surface area contributed by atoms with Gasteiger partial charge in [-0.3, -0.25) is 14.4 Å². The molecule has 3 aromatic carbocycles. The third kappa shape index (κ3) is 4.69. The first kappa shape index (κ1) is 25.7. The van der Waals surface area contributed by atoms with Gasteiger partial charge in [-0.1, -0.05) is 48.5 Å². The molecule has 0 aromatic heterocycles. The maximum Gasteiger partial charge on any atom is 0.269 e. The van der Waals surface area contributed by atoms with Crippen molar-refractivity contribution in [1.29, 1.82) is 0 Å². The van der Waals surface area contributed by atoms with E-state index in [1.54, 1.807) is 12.1 Å². The van der Waals surface area contributed by atoms with Gasteiger partial charge in [0.1, 0.15) is 17.3 Å². The topological polar surface area (TPSA) is 118 Å². The number of halogens is 1. The van der Waals surface area contributed by atoms with E-state index in [-0.39, 0.29) is 12.4 Å². The van der Waals surface area contributed by atoms with Crippen molar-refractivity contribution in [2.75, 3.05) is 20.2 Å². The zero-order chi connectivity index (χ0) is 24.6. The Balaban J connectivity index is 0.00000304. The molecular weight excluding hydrogens is 500 g/mol. The largest absolute Gasteiger partial charge is 0.497 e. The molecule has 188 valence electrons. The van der Waals surface area contributed by atoms with Crippen LogP contribution in [0.1, 0.15) is 23.1 Å². The molecule has 3 N–H and O–H groups in total. The van der Waals surface area contributed by atoms with Crippen LogP contribution in [0.15, 0.2) is 82.8 Å². The molecule has 0 spiro atoms. The lowest BCUT2D eigenvalue weighted by Crippen LogP contribution is -2.46. The summed E-state index contributed by atoms with van der Waals surface area (Å²) in [5.74, 6) is 1.24. The predicted octanol–water partition coefficient (Wildman–Crippen LogP) is 3.85. The summed E-state index contributed by atoms with van der Waals surface area (Å²) in [7, 11) is -2.68. The van der Waals surface area contributed by atoms with Crippen LogP contribution in [0.2, 0.25) is 0 Å². The molecule has 0 bridgehead atoms. The van der Waals surface area contributed by atoms with Crippen molar-refractivity contribution in [2.24, 2.45) is 15.7 Å². The first-order valence-electron chi connectivity index (χ1n) is 11.3. The Morgan fingerprint density at radius 2 is 1.78 bits per heavy atom. The molecule has 0 aliphatic carbocycles. The summed E-state index contributed by atoms with van der Waals surface area (Å²) in [6, 6.07) is 23.0. The molecule has 36 heavy (non-hydrogen) atoms. The van der Waals surface area contributed by atoms with Crippen LogP contribution in [0.4, 0.5) is 0 Å². The highest BCUT2D eigenvalue weighted by atomic mass is 35.5. The van der Waals surface area contributed by atoms with Gasteiger partial charge in [0.15, 0.2) is 11.5 Å². The molecule has 0 saturated heterocycles. The minimum absolute atomic E-state index is 0. The molecule has 2 heterocycles. The smallest absolute Gasteiger partial charge is 0.269 e. The van der Waals surface area contributed by atoms with Crippen molar-refractivity contribution in [3.63, 3.8) is 0 Å². The number of hydrogen-bond donors (Lipinski definition) is 2. The van der Waals surface area contributed by atoms with Crippen molar-refractivity contribution in [3.05, 3.63) is 89.5 Å². The fourth-order valence-electron chi connectivity index (χ4n) is 4.82. The second kappa shape index (κ2) is 9.93. The van der Waals surface area contributed by atoms with E-state index in [2.05, 4.69) is 0 Å². The number of aliphatic imine (C=N–C) groups is 2. The summed E-state index contributed by atoms with van der Waals surface area (Å²) >= 11 is 0. The van der Waals surface area contributed by atoms with Gasteiger partial charge in [0.2, 0.25) is 0 Å². The molecule has 3 aromatic rings. The molecule has 10 heteroatoms. The minimum Gasteiger partial charge on any atom is -0.497 e. The summed E-state index contributed by atoms with van der Waals surface area (Å²) in [5.41, 5.74) is 9.39. The number of ether oxygens (including phenoxy) is 1. The zero-order valence-electron chi connectivity index (χ0n) is 19.7. The number of amidine groups is 1. The summed E-state index contributed by atoms with van der Waals surface area (Å²) in [5, 5.41) is 0. The van der Waals surface area contributed by atoms with E-state index in [9.17, 15) is 13.0 Å². The molecule has 5 rings (SSSR count). The van der Waals surface area contributed by atoms with Gasteiger partial charge in [-0.15, -0.1) is 12.4 Å². The zero-order valence-corrected chi connectivity index (χ0v) is 21.3. The highest BCUT2D eigenvalue weighted by molar-refractivity contribution is 7.85. The molecule has 0 radical (unpaired) electrons. The van der Waals surface area contributed by atoms with E-state index in [0.29, 0.717) is 23.8 Å². The van der Waals surface area contributed by atoms with Crippen molar-refractivity contribution in [2.45, 2.75) is 17.7 Å². The highest BCUT2D eigenvalue weighted by Gasteiger charge is 2.49. The fraction of sp³-hybridized carbons (Fsp3) is 0.231. The molecule has 8 nitrogen and oxygen atoms in total. The van der Waals surface area contributed by atoms with Gasteiger partial charge >= 0.3 is 0 Å². The van der Waals surface area contributed by atoms with Crippen molar-refractivity contribution in [3.8, 4) is 16.9 Å². The van der Waals surface area contributed by atoms with Gasteiger partial charge in [-0.05, 0) is 58.5 Å². The molecule has 0 amide bonds. The Labute approximate surface area is 216 Å².